The van der Waals surface area contributed by atoms with Gasteiger partial charge < -0.3 is 10.6 Å². The molecule has 4 rings (SSSR count). The first kappa shape index (κ1) is 23.8. The van der Waals surface area contributed by atoms with Crippen LogP contribution in [0.3, 0.4) is 0 Å². The molecular weight excluding hydrogens is 426 g/mol. The molecular formula is C26H35N7O. The van der Waals surface area contributed by atoms with Gasteiger partial charge in [-0.25, -0.2) is 4.99 Å². The lowest BCUT2D eigenvalue weighted by Crippen LogP contribution is -2.24. The summed E-state index contributed by atoms with van der Waals surface area (Å²) in [6, 6.07) is 6.02. The zero-order valence-electron chi connectivity index (χ0n) is 20.9. The van der Waals surface area contributed by atoms with Gasteiger partial charge in [0, 0.05) is 36.6 Å². The number of hydrogen-bond donors (Lipinski definition) is 2. The minimum absolute atomic E-state index is 0.253. The molecule has 1 aliphatic rings. The van der Waals surface area contributed by atoms with Crippen LogP contribution in [0.2, 0.25) is 0 Å². The average molecular weight is 462 g/mol. The van der Waals surface area contributed by atoms with Gasteiger partial charge in [-0.1, -0.05) is 20.4 Å². The Balaban J connectivity index is 1.58. The van der Waals surface area contributed by atoms with Gasteiger partial charge in [-0.15, -0.1) is 0 Å². The molecule has 180 valence electrons. The molecule has 8 heteroatoms. The van der Waals surface area contributed by atoms with Crippen molar-refractivity contribution in [2.24, 2.45) is 23.4 Å². The molecule has 1 aliphatic carbocycles. The van der Waals surface area contributed by atoms with Crippen LogP contribution in [0, 0.1) is 19.3 Å². The fourth-order valence-electron chi connectivity index (χ4n) is 4.87. The maximum Gasteiger partial charge on any atom is 0.266 e. The second-order valence-corrected chi connectivity index (χ2v) is 10.1. The van der Waals surface area contributed by atoms with Crippen molar-refractivity contribution in [2.45, 2.75) is 59.9 Å². The van der Waals surface area contributed by atoms with Crippen LogP contribution in [0.1, 0.15) is 59.5 Å². The highest BCUT2D eigenvalue weighted by molar-refractivity contribution is 5.97. The van der Waals surface area contributed by atoms with Crippen LogP contribution in [-0.2, 0) is 37.7 Å². The van der Waals surface area contributed by atoms with E-state index in [0.29, 0.717) is 23.1 Å². The van der Waals surface area contributed by atoms with Crippen LogP contribution in [0.15, 0.2) is 36.0 Å². The van der Waals surface area contributed by atoms with E-state index < -0.39 is 0 Å². The molecule has 0 bridgehead atoms. The Morgan fingerprint density at radius 1 is 1.24 bits per heavy atom. The molecule has 1 aromatic carbocycles. The summed E-state index contributed by atoms with van der Waals surface area (Å²) in [6.07, 6.45) is 5.74. The Morgan fingerprint density at radius 2 is 1.94 bits per heavy atom. The Bertz CT molecular complexity index is 1240. The first-order valence-electron chi connectivity index (χ1n) is 11.7. The van der Waals surface area contributed by atoms with Crippen molar-refractivity contribution in [1.29, 1.82) is 0 Å². The summed E-state index contributed by atoms with van der Waals surface area (Å²) in [4.78, 5) is 9.90. The zero-order valence-corrected chi connectivity index (χ0v) is 20.9. The van der Waals surface area contributed by atoms with Crippen molar-refractivity contribution in [2.75, 3.05) is 5.73 Å². The molecule has 2 heterocycles. The van der Waals surface area contributed by atoms with Crippen molar-refractivity contribution >= 4 is 17.4 Å². The summed E-state index contributed by atoms with van der Waals surface area (Å²) in [5.41, 5.74) is 14.2. The van der Waals surface area contributed by atoms with E-state index in [1.54, 1.807) is 0 Å². The summed E-state index contributed by atoms with van der Waals surface area (Å²) in [5.74, 6) is 6.51. The standard InChI is InChI=1S/C26H35N7O/c1-16-13-19(14-17(2)20(16)8-11-33-12-9-23(27)30-33)18(3)29-25(34-28)24-21-7-10-26(4,5)15-22(21)32(6)31-24/h9,12-14H,3,7-8,10-11,15,28H2,1-2,4-6H3,(H2,27,30). The predicted molar refractivity (Wildman–Crippen MR) is 136 cm³/mol. The topological polar surface area (TPSA) is 109 Å². The van der Waals surface area contributed by atoms with E-state index in [9.17, 15) is 0 Å². The van der Waals surface area contributed by atoms with E-state index in [0.717, 1.165) is 37.8 Å². The Hall–Kier alpha value is -3.39. The number of aliphatic imine (C=N–C) groups is 1. The van der Waals surface area contributed by atoms with Gasteiger partial charge in [0.25, 0.3) is 5.90 Å². The van der Waals surface area contributed by atoms with Crippen LogP contribution < -0.4 is 11.6 Å². The first-order valence-corrected chi connectivity index (χ1v) is 11.7. The molecule has 2 aromatic heterocycles. The molecule has 3 aromatic rings. The van der Waals surface area contributed by atoms with E-state index in [1.807, 2.05) is 28.7 Å². The van der Waals surface area contributed by atoms with Crippen molar-refractivity contribution in [1.82, 2.24) is 19.6 Å². The summed E-state index contributed by atoms with van der Waals surface area (Å²) in [6.45, 7) is 13.8. The summed E-state index contributed by atoms with van der Waals surface area (Å²) in [7, 11) is 1.97. The number of fused-ring (bicyclic) bond motifs is 1. The molecule has 34 heavy (non-hydrogen) atoms. The number of nitrogen functional groups attached to an aromatic ring is 1. The molecule has 0 spiro atoms. The predicted octanol–water partition coefficient (Wildman–Crippen LogP) is 3.88. The van der Waals surface area contributed by atoms with Gasteiger partial charge >= 0.3 is 0 Å². The smallest absolute Gasteiger partial charge is 0.266 e. The average Bonchev–Trinajstić information content (AvgIpc) is 3.33. The van der Waals surface area contributed by atoms with Crippen LogP contribution in [0.5, 0.6) is 0 Å². The van der Waals surface area contributed by atoms with Crippen molar-refractivity contribution in [3.05, 3.63) is 70.2 Å². The van der Waals surface area contributed by atoms with Crippen LogP contribution in [-0.4, -0.2) is 25.5 Å². The molecule has 0 amide bonds. The molecule has 0 atom stereocenters. The quantitative estimate of drug-likeness (QED) is 0.329. The molecule has 0 radical (unpaired) electrons. The number of anilines is 1. The monoisotopic (exact) mass is 461 g/mol. The minimum Gasteiger partial charge on any atom is -0.389 e. The number of aromatic nitrogens is 4. The third kappa shape index (κ3) is 4.77. The Kier molecular flexibility index (Phi) is 6.36. The van der Waals surface area contributed by atoms with Crippen LogP contribution in [0.25, 0.3) is 5.70 Å². The van der Waals surface area contributed by atoms with Crippen molar-refractivity contribution in [3.63, 3.8) is 0 Å². The van der Waals surface area contributed by atoms with Gasteiger partial charge in [0.05, 0.1) is 5.70 Å². The van der Waals surface area contributed by atoms with Gasteiger partial charge in [-0.2, -0.15) is 16.1 Å². The van der Waals surface area contributed by atoms with E-state index in [1.165, 1.54) is 27.9 Å². The Morgan fingerprint density at radius 3 is 2.56 bits per heavy atom. The SMILES string of the molecule is C=C(N=C(ON)c1nn(C)c2c1CCC(C)(C)C2)c1cc(C)c(CCn2ccc(N)n2)c(C)c1. The van der Waals surface area contributed by atoms with E-state index in [4.69, 9.17) is 21.6 Å². The summed E-state index contributed by atoms with van der Waals surface area (Å²) in [5, 5.41) is 8.97. The lowest BCUT2D eigenvalue weighted by Gasteiger charge is -2.29. The highest BCUT2D eigenvalue weighted by Crippen LogP contribution is 2.36. The van der Waals surface area contributed by atoms with Crippen LogP contribution in [0.4, 0.5) is 5.82 Å². The highest BCUT2D eigenvalue weighted by Gasteiger charge is 2.32. The van der Waals surface area contributed by atoms with E-state index in [-0.39, 0.29) is 5.41 Å². The van der Waals surface area contributed by atoms with Crippen molar-refractivity contribution < 1.29 is 4.84 Å². The normalized spacial score (nSPS) is 15.3. The largest absolute Gasteiger partial charge is 0.389 e. The lowest BCUT2D eigenvalue weighted by atomic mass is 9.76. The highest BCUT2D eigenvalue weighted by atomic mass is 16.6. The third-order valence-electron chi connectivity index (χ3n) is 6.80. The molecule has 0 aliphatic heterocycles. The second kappa shape index (κ2) is 9.10. The number of benzene rings is 1. The van der Waals surface area contributed by atoms with E-state index in [2.05, 4.69) is 56.5 Å². The summed E-state index contributed by atoms with van der Waals surface area (Å²) >= 11 is 0. The fraction of sp³-hybridized carbons (Fsp3) is 0.423. The van der Waals surface area contributed by atoms with Crippen molar-refractivity contribution in [3.8, 4) is 0 Å². The van der Waals surface area contributed by atoms with Gasteiger partial charge in [0.1, 0.15) is 5.82 Å². The third-order valence-corrected chi connectivity index (χ3v) is 6.80. The number of hydrogen-bond acceptors (Lipinski definition) is 6. The molecule has 0 saturated heterocycles. The molecule has 0 saturated carbocycles. The molecule has 0 unspecified atom stereocenters. The molecule has 0 fully saturated rings. The lowest BCUT2D eigenvalue weighted by molar-refractivity contribution is 0.305. The Labute approximate surface area is 201 Å². The molecule has 4 N–H and O–H groups in total. The first-order chi connectivity index (χ1) is 16.1. The number of aryl methyl sites for hydroxylation is 4. The fourth-order valence-corrected chi connectivity index (χ4v) is 4.87. The zero-order chi connectivity index (χ0) is 24.6. The van der Waals surface area contributed by atoms with Gasteiger partial charge in [-0.05, 0) is 79.8 Å². The van der Waals surface area contributed by atoms with Gasteiger partial charge in [-0.3, -0.25) is 9.36 Å². The minimum atomic E-state index is 0.253. The maximum absolute atomic E-state index is 5.73. The van der Waals surface area contributed by atoms with Gasteiger partial charge in [0.15, 0.2) is 5.69 Å². The molecule has 8 nitrogen and oxygen atoms in total. The van der Waals surface area contributed by atoms with E-state index >= 15 is 0 Å². The number of rotatable bonds is 6. The summed E-state index contributed by atoms with van der Waals surface area (Å²) < 4.78 is 3.80. The van der Waals surface area contributed by atoms with Crippen LogP contribution >= 0.6 is 0 Å². The second-order valence-electron chi connectivity index (χ2n) is 10.1. The number of nitrogens with two attached hydrogens (primary N) is 2. The van der Waals surface area contributed by atoms with Gasteiger partial charge in [0.2, 0.25) is 0 Å². The number of nitrogens with zero attached hydrogens (tertiary/aromatic N) is 5. The maximum atomic E-state index is 5.73.